The van der Waals surface area contributed by atoms with Gasteiger partial charge in [-0.15, -0.1) is 0 Å². The molecular weight excluding hydrogens is 636 g/mol. The Morgan fingerprint density at radius 3 is 2.51 bits per heavy atom. The van der Waals surface area contributed by atoms with Crippen molar-refractivity contribution in [1.82, 2.24) is 0 Å². The van der Waals surface area contributed by atoms with E-state index in [2.05, 4.69) is 19.9 Å². The van der Waals surface area contributed by atoms with Crippen molar-refractivity contribution in [2.24, 2.45) is 11.8 Å². The van der Waals surface area contributed by atoms with Crippen molar-refractivity contribution in [3.8, 4) is 23.0 Å². The lowest BCUT2D eigenvalue weighted by Crippen LogP contribution is -2.60. The Hall–Kier alpha value is -3.68. The minimum atomic E-state index is -1.65. The van der Waals surface area contributed by atoms with Gasteiger partial charge < -0.3 is 49.2 Å². The zero-order valence-electron chi connectivity index (χ0n) is 28.6. The zero-order valence-corrected chi connectivity index (χ0v) is 28.6. The van der Waals surface area contributed by atoms with Gasteiger partial charge in [0.1, 0.15) is 48.6 Å². The number of ketones is 1. The number of phenols is 1. The number of phenolic OH excluding ortho intramolecular Hbond substituents is 1. The Labute approximate surface area is 287 Å². The van der Waals surface area contributed by atoms with Crippen LogP contribution in [0.3, 0.4) is 0 Å². The standard InChI is InChI=1S/C37H50O12/c1-21(2)7-5-9-23(19-38)10-6-8-22(3)15-33(41)46-20-32-34(42)35(43)36(44)37(49-32)47-25-12-13-26-27(39)18-30(48-31(26)17-25)24-11-14-29(45-4)28(40)16-24/h7,11-14,16-17,22-23,30,32,34-38,40,42-44H,5-6,8-10,15,18-20H2,1-4H3/t22-,23-,30?,32?,34?,35?,36?,37?/m1/s1. The monoisotopic (exact) mass is 686 g/mol. The van der Waals surface area contributed by atoms with Gasteiger partial charge in [-0.1, -0.05) is 37.5 Å². The van der Waals surface area contributed by atoms with Crippen molar-refractivity contribution in [2.75, 3.05) is 20.3 Å². The van der Waals surface area contributed by atoms with Gasteiger partial charge in [0.15, 0.2) is 17.3 Å². The molecule has 2 aliphatic rings. The fourth-order valence-electron chi connectivity index (χ4n) is 6.07. The first kappa shape index (κ1) is 38.1. The maximum Gasteiger partial charge on any atom is 0.306 e. The lowest BCUT2D eigenvalue weighted by molar-refractivity contribution is -0.278. The van der Waals surface area contributed by atoms with Gasteiger partial charge in [0.2, 0.25) is 6.29 Å². The Morgan fingerprint density at radius 2 is 1.82 bits per heavy atom. The highest BCUT2D eigenvalue weighted by Crippen LogP contribution is 2.39. The molecule has 5 N–H and O–H groups in total. The van der Waals surface area contributed by atoms with Crippen molar-refractivity contribution in [1.29, 1.82) is 0 Å². The predicted octanol–water partition coefficient (Wildman–Crippen LogP) is 4.39. The molecule has 8 atom stereocenters. The quantitative estimate of drug-likeness (QED) is 0.124. The number of carbonyl (C=O) groups excluding carboxylic acids is 2. The number of methoxy groups -OCH3 is 1. The minimum Gasteiger partial charge on any atom is -0.504 e. The highest BCUT2D eigenvalue weighted by atomic mass is 16.7. The van der Waals surface area contributed by atoms with Crippen LogP contribution in [0.2, 0.25) is 0 Å². The average Bonchev–Trinajstić information content (AvgIpc) is 3.06. The van der Waals surface area contributed by atoms with E-state index in [0.29, 0.717) is 11.1 Å². The van der Waals surface area contributed by atoms with Gasteiger partial charge in [0.25, 0.3) is 0 Å². The van der Waals surface area contributed by atoms with Crippen LogP contribution in [0.5, 0.6) is 23.0 Å². The van der Waals surface area contributed by atoms with E-state index >= 15 is 0 Å². The van der Waals surface area contributed by atoms with Crippen LogP contribution in [0.1, 0.15) is 87.7 Å². The summed E-state index contributed by atoms with van der Waals surface area (Å²) in [5.41, 5.74) is 2.16. The molecule has 0 amide bonds. The Balaban J connectivity index is 1.30. The summed E-state index contributed by atoms with van der Waals surface area (Å²) in [4.78, 5) is 25.5. The third kappa shape index (κ3) is 10.4. The summed E-state index contributed by atoms with van der Waals surface area (Å²) in [6.45, 7) is 5.83. The smallest absolute Gasteiger partial charge is 0.306 e. The topological polar surface area (TPSA) is 181 Å². The molecule has 2 aromatic rings. The number of esters is 1. The lowest BCUT2D eigenvalue weighted by Gasteiger charge is -2.40. The SMILES string of the molecule is COc1ccc(C2CC(=O)c3ccc(OC4OC(COC(=O)C[C@H](C)CCC[C@H](CO)CCC=C(C)C)C(O)C(O)C4O)cc3O2)cc1O. The number of aromatic hydroxyl groups is 1. The van der Waals surface area contributed by atoms with Crippen LogP contribution in [0.4, 0.5) is 0 Å². The second-order valence-electron chi connectivity index (χ2n) is 13.3. The number of Topliss-reactive ketones (excluding diaryl/α,β-unsaturated/α-hetero) is 1. The van der Waals surface area contributed by atoms with Crippen molar-refractivity contribution in [3.05, 3.63) is 59.2 Å². The van der Waals surface area contributed by atoms with E-state index in [9.17, 15) is 35.1 Å². The fourth-order valence-corrected chi connectivity index (χ4v) is 6.07. The molecular formula is C37H50O12. The molecule has 2 aliphatic heterocycles. The normalized spacial score (nSPS) is 24.6. The second kappa shape index (κ2) is 17.8. The summed E-state index contributed by atoms with van der Waals surface area (Å²) >= 11 is 0. The first-order valence-electron chi connectivity index (χ1n) is 16.9. The molecule has 4 rings (SSSR count). The molecule has 12 nitrogen and oxygen atoms in total. The molecule has 12 heteroatoms. The van der Waals surface area contributed by atoms with Gasteiger partial charge >= 0.3 is 5.97 Å². The number of aliphatic hydroxyl groups excluding tert-OH is 4. The summed E-state index contributed by atoms with van der Waals surface area (Å²) in [7, 11) is 1.43. The summed E-state index contributed by atoms with van der Waals surface area (Å²) < 4.78 is 28.1. The number of ether oxygens (including phenoxy) is 5. The molecule has 0 aliphatic carbocycles. The predicted molar refractivity (Wildman–Crippen MR) is 179 cm³/mol. The zero-order chi connectivity index (χ0) is 35.7. The van der Waals surface area contributed by atoms with Gasteiger partial charge in [0.05, 0.1) is 19.1 Å². The molecule has 2 aromatic carbocycles. The van der Waals surface area contributed by atoms with Crippen LogP contribution in [0, 0.1) is 11.8 Å². The van der Waals surface area contributed by atoms with E-state index in [1.165, 1.54) is 36.9 Å². The van der Waals surface area contributed by atoms with Crippen LogP contribution >= 0.6 is 0 Å². The summed E-state index contributed by atoms with van der Waals surface area (Å²) in [5.74, 6) is 0.163. The van der Waals surface area contributed by atoms with Crippen molar-refractivity contribution in [3.63, 3.8) is 0 Å². The summed E-state index contributed by atoms with van der Waals surface area (Å²) in [5, 5.41) is 51.6. The van der Waals surface area contributed by atoms with Gasteiger partial charge in [-0.25, -0.2) is 0 Å². The Bertz CT molecular complexity index is 1440. The van der Waals surface area contributed by atoms with E-state index < -0.39 is 42.8 Å². The average molecular weight is 687 g/mol. The minimum absolute atomic E-state index is 0.0402. The van der Waals surface area contributed by atoms with Crippen LogP contribution < -0.4 is 14.2 Å². The first-order valence-corrected chi connectivity index (χ1v) is 16.9. The number of carbonyl (C=O) groups is 2. The van der Waals surface area contributed by atoms with E-state index in [-0.39, 0.29) is 66.7 Å². The number of rotatable bonds is 16. The number of hydrogen-bond acceptors (Lipinski definition) is 12. The van der Waals surface area contributed by atoms with Gasteiger partial charge in [-0.3, -0.25) is 9.59 Å². The molecule has 49 heavy (non-hydrogen) atoms. The number of aliphatic hydroxyl groups is 4. The number of allylic oxidation sites excluding steroid dienone is 2. The van der Waals surface area contributed by atoms with Crippen LogP contribution in [-0.2, 0) is 14.3 Å². The number of benzene rings is 2. The maximum absolute atomic E-state index is 12.9. The highest BCUT2D eigenvalue weighted by molar-refractivity contribution is 6.00. The van der Waals surface area contributed by atoms with Gasteiger partial charge in [-0.2, -0.15) is 0 Å². The first-order chi connectivity index (χ1) is 23.4. The van der Waals surface area contributed by atoms with E-state index in [1.54, 1.807) is 12.1 Å². The molecule has 2 heterocycles. The van der Waals surface area contributed by atoms with E-state index in [1.807, 2.05) is 6.92 Å². The van der Waals surface area contributed by atoms with E-state index in [4.69, 9.17) is 23.7 Å². The molecule has 0 saturated carbocycles. The van der Waals surface area contributed by atoms with Crippen molar-refractivity contribution < 1.29 is 58.8 Å². The Kier molecular flexibility index (Phi) is 13.9. The van der Waals surface area contributed by atoms with Gasteiger partial charge in [-0.05, 0) is 74.8 Å². The Morgan fingerprint density at radius 1 is 1.04 bits per heavy atom. The largest absolute Gasteiger partial charge is 0.504 e. The third-order valence-electron chi connectivity index (χ3n) is 9.01. The number of hydrogen-bond donors (Lipinski definition) is 5. The second-order valence-corrected chi connectivity index (χ2v) is 13.3. The lowest BCUT2D eigenvalue weighted by atomic mass is 9.93. The third-order valence-corrected chi connectivity index (χ3v) is 9.01. The van der Waals surface area contributed by atoms with Gasteiger partial charge in [0, 0.05) is 19.1 Å². The molecule has 1 fully saturated rings. The highest BCUT2D eigenvalue weighted by Gasteiger charge is 2.45. The van der Waals surface area contributed by atoms with Crippen LogP contribution in [0.15, 0.2) is 48.0 Å². The molecule has 0 bridgehead atoms. The molecule has 6 unspecified atom stereocenters. The molecule has 0 radical (unpaired) electrons. The van der Waals surface area contributed by atoms with Crippen molar-refractivity contribution in [2.45, 2.75) is 103 Å². The van der Waals surface area contributed by atoms with Crippen LogP contribution in [-0.4, -0.2) is 88.3 Å². The maximum atomic E-state index is 12.9. The fraction of sp³-hybridized carbons (Fsp3) is 0.568. The molecule has 270 valence electrons. The van der Waals surface area contributed by atoms with E-state index in [0.717, 1.165) is 32.1 Å². The van der Waals surface area contributed by atoms with Crippen molar-refractivity contribution >= 4 is 11.8 Å². The summed E-state index contributed by atoms with van der Waals surface area (Å²) in [6.07, 6.45) is -1.39. The molecule has 0 aromatic heterocycles. The molecule has 0 spiro atoms. The van der Waals surface area contributed by atoms with Crippen LogP contribution in [0.25, 0.3) is 0 Å². The number of fused-ring (bicyclic) bond motifs is 1. The molecule has 1 saturated heterocycles. The summed E-state index contributed by atoms with van der Waals surface area (Å²) in [6, 6.07) is 9.21.